The van der Waals surface area contributed by atoms with Crippen LogP contribution >= 0.6 is 0 Å². The minimum absolute atomic E-state index is 0.0562. The van der Waals surface area contributed by atoms with Gasteiger partial charge in [-0.1, -0.05) is 33.1 Å². The van der Waals surface area contributed by atoms with E-state index in [1.807, 2.05) is 6.92 Å². The fraction of sp³-hybridized carbons (Fsp3) is 0.476. The second-order valence-electron chi connectivity index (χ2n) is 7.37. The van der Waals surface area contributed by atoms with Crippen molar-refractivity contribution >= 4 is 5.91 Å². The molecule has 1 heterocycles. The number of carbonyl (C=O) groups excluding carboxylic acids is 1. The molecule has 1 atom stereocenters. The Morgan fingerprint density at radius 1 is 1.07 bits per heavy atom. The van der Waals surface area contributed by atoms with Gasteiger partial charge in [0.2, 0.25) is 5.91 Å². The van der Waals surface area contributed by atoms with E-state index in [4.69, 9.17) is 0 Å². The van der Waals surface area contributed by atoms with Gasteiger partial charge < -0.3 is 5.32 Å². The van der Waals surface area contributed by atoms with E-state index in [0.29, 0.717) is 17.2 Å². The molecule has 1 N–H and O–H groups in total. The molecule has 1 amide bonds. The number of unbranched alkanes of at least 4 members (excludes halogenated alkanes) is 1. The topological polar surface area (TPSA) is 64.0 Å². The number of nitrogens with one attached hydrogen (secondary N) is 1. The Balaban J connectivity index is 1.94. The van der Waals surface area contributed by atoms with Gasteiger partial charge in [-0.3, -0.25) is 9.59 Å². The van der Waals surface area contributed by atoms with E-state index in [1.165, 1.54) is 24.6 Å². The highest BCUT2D eigenvalue weighted by molar-refractivity contribution is 5.76. The van der Waals surface area contributed by atoms with Crippen LogP contribution < -0.4 is 10.9 Å². The first-order chi connectivity index (χ1) is 12.8. The Hall–Kier alpha value is -2.50. The Morgan fingerprint density at radius 3 is 2.41 bits per heavy atom. The van der Waals surface area contributed by atoms with E-state index in [2.05, 4.69) is 24.3 Å². The number of hydrogen-bond acceptors (Lipinski definition) is 3. The Morgan fingerprint density at radius 2 is 1.74 bits per heavy atom. The van der Waals surface area contributed by atoms with Crippen LogP contribution in [-0.4, -0.2) is 21.7 Å². The van der Waals surface area contributed by atoms with Crippen molar-refractivity contribution < 1.29 is 9.18 Å². The summed E-state index contributed by atoms with van der Waals surface area (Å²) < 4.78 is 14.2. The molecule has 6 heteroatoms. The molecule has 5 nitrogen and oxygen atoms in total. The lowest BCUT2D eigenvalue weighted by atomic mass is 10.0. The SMILES string of the molecule is CC(C)CCCCC(C)NC(=O)Cn1nc(-c2ccc(F)cc2)ccc1=O. The summed E-state index contributed by atoms with van der Waals surface area (Å²) in [4.78, 5) is 24.3. The van der Waals surface area contributed by atoms with Crippen molar-refractivity contribution in [3.8, 4) is 11.3 Å². The number of hydrogen-bond donors (Lipinski definition) is 1. The highest BCUT2D eigenvalue weighted by atomic mass is 19.1. The van der Waals surface area contributed by atoms with Gasteiger partial charge in [0.1, 0.15) is 12.4 Å². The molecule has 0 saturated carbocycles. The van der Waals surface area contributed by atoms with Gasteiger partial charge in [0.05, 0.1) is 5.69 Å². The second-order valence-corrected chi connectivity index (χ2v) is 7.37. The summed E-state index contributed by atoms with van der Waals surface area (Å²) in [5.74, 6) is 0.118. The first-order valence-corrected chi connectivity index (χ1v) is 9.48. The molecule has 0 saturated heterocycles. The van der Waals surface area contributed by atoms with Gasteiger partial charge in [-0.05, 0) is 49.6 Å². The molecular weight excluding hydrogens is 345 g/mol. The minimum atomic E-state index is -0.347. The summed E-state index contributed by atoms with van der Waals surface area (Å²) in [7, 11) is 0. The zero-order valence-corrected chi connectivity index (χ0v) is 16.2. The maximum Gasteiger partial charge on any atom is 0.267 e. The number of carbonyl (C=O) groups is 1. The number of rotatable bonds is 9. The van der Waals surface area contributed by atoms with E-state index in [1.54, 1.807) is 18.2 Å². The average Bonchev–Trinajstić information content (AvgIpc) is 2.61. The molecule has 2 rings (SSSR count). The van der Waals surface area contributed by atoms with Crippen molar-refractivity contribution in [2.24, 2.45) is 5.92 Å². The van der Waals surface area contributed by atoms with Crippen LogP contribution in [0.25, 0.3) is 11.3 Å². The first-order valence-electron chi connectivity index (χ1n) is 9.48. The molecule has 0 fully saturated rings. The summed E-state index contributed by atoms with van der Waals surface area (Å²) in [5, 5.41) is 7.16. The zero-order valence-electron chi connectivity index (χ0n) is 16.2. The number of nitrogens with zero attached hydrogens (tertiary/aromatic N) is 2. The Labute approximate surface area is 159 Å². The summed E-state index contributed by atoms with van der Waals surface area (Å²) in [6.45, 7) is 6.24. The summed E-state index contributed by atoms with van der Waals surface area (Å²) >= 11 is 0. The molecule has 0 radical (unpaired) electrons. The number of halogens is 1. The van der Waals surface area contributed by atoms with Crippen molar-refractivity contribution in [1.82, 2.24) is 15.1 Å². The lowest BCUT2D eigenvalue weighted by Crippen LogP contribution is -2.38. The molecule has 27 heavy (non-hydrogen) atoms. The molecular formula is C21H28FN3O2. The molecule has 146 valence electrons. The van der Waals surface area contributed by atoms with Crippen LogP contribution in [-0.2, 0) is 11.3 Å². The molecule has 0 aliphatic rings. The maximum absolute atomic E-state index is 13.1. The van der Waals surface area contributed by atoms with Crippen molar-refractivity contribution in [2.75, 3.05) is 0 Å². The molecule has 2 aromatic rings. The molecule has 0 bridgehead atoms. The highest BCUT2D eigenvalue weighted by Crippen LogP contribution is 2.15. The van der Waals surface area contributed by atoms with E-state index < -0.39 is 0 Å². The molecule has 0 aliphatic heterocycles. The highest BCUT2D eigenvalue weighted by Gasteiger charge is 2.11. The molecule has 0 aliphatic carbocycles. The number of amides is 1. The molecule has 1 aromatic heterocycles. The van der Waals surface area contributed by atoms with Gasteiger partial charge in [-0.2, -0.15) is 5.10 Å². The largest absolute Gasteiger partial charge is 0.352 e. The Kier molecular flexibility index (Phi) is 7.70. The van der Waals surface area contributed by atoms with E-state index in [-0.39, 0.29) is 29.9 Å². The maximum atomic E-state index is 13.1. The molecule has 1 aromatic carbocycles. The van der Waals surface area contributed by atoms with Gasteiger partial charge in [-0.25, -0.2) is 9.07 Å². The first kappa shape index (κ1) is 20.8. The van der Waals surface area contributed by atoms with Gasteiger partial charge in [0.15, 0.2) is 0 Å². The Bertz CT molecular complexity index is 800. The van der Waals surface area contributed by atoms with Crippen LogP contribution in [0.2, 0.25) is 0 Å². The summed E-state index contributed by atoms with van der Waals surface area (Å²) in [6.07, 6.45) is 4.32. The van der Waals surface area contributed by atoms with Gasteiger partial charge in [0.25, 0.3) is 5.56 Å². The summed E-state index contributed by atoms with van der Waals surface area (Å²) in [5.41, 5.74) is 0.855. The number of aromatic nitrogens is 2. The smallest absolute Gasteiger partial charge is 0.267 e. The van der Waals surface area contributed by atoms with Crippen molar-refractivity contribution in [3.63, 3.8) is 0 Å². The lowest BCUT2D eigenvalue weighted by Gasteiger charge is -2.15. The fourth-order valence-electron chi connectivity index (χ4n) is 2.87. The third-order valence-electron chi connectivity index (χ3n) is 4.38. The molecule has 1 unspecified atom stereocenters. The van der Waals surface area contributed by atoms with Crippen LogP contribution in [0.5, 0.6) is 0 Å². The van der Waals surface area contributed by atoms with Crippen LogP contribution in [0.4, 0.5) is 4.39 Å². The van der Waals surface area contributed by atoms with Gasteiger partial charge >= 0.3 is 0 Å². The van der Waals surface area contributed by atoms with Crippen LogP contribution in [0.1, 0.15) is 46.5 Å². The third kappa shape index (κ3) is 6.96. The van der Waals surface area contributed by atoms with Crippen molar-refractivity contribution in [1.29, 1.82) is 0 Å². The molecule has 0 spiro atoms. The van der Waals surface area contributed by atoms with Crippen LogP contribution in [0, 0.1) is 11.7 Å². The van der Waals surface area contributed by atoms with Crippen molar-refractivity contribution in [3.05, 3.63) is 52.6 Å². The monoisotopic (exact) mass is 373 g/mol. The standard InChI is InChI=1S/C21H28FN3O2/c1-15(2)6-4-5-7-16(3)23-20(26)14-25-21(27)13-12-19(24-25)17-8-10-18(22)11-9-17/h8-13,15-16H,4-7,14H2,1-3H3,(H,23,26). The predicted octanol–water partition coefficient (Wildman–Crippen LogP) is 3.77. The number of benzene rings is 1. The average molecular weight is 373 g/mol. The van der Waals surface area contributed by atoms with Crippen molar-refractivity contribution in [2.45, 2.75) is 59.0 Å². The lowest BCUT2D eigenvalue weighted by molar-refractivity contribution is -0.122. The van der Waals surface area contributed by atoms with Gasteiger partial charge in [-0.15, -0.1) is 0 Å². The summed E-state index contributed by atoms with van der Waals surface area (Å²) in [6, 6.07) is 8.84. The third-order valence-corrected chi connectivity index (χ3v) is 4.38. The second kappa shape index (κ2) is 10.00. The van der Waals surface area contributed by atoms with E-state index >= 15 is 0 Å². The minimum Gasteiger partial charge on any atom is -0.352 e. The van der Waals surface area contributed by atoms with Gasteiger partial charge in [0, 0.05) is 17.7 Å². The van der Waals surface area contributed by atoms with Crippen LogP contribution in [0.3, 0.4) is 0 Å². The van der Waals surface area contributed by atoms with Crippen LogP contribution in [0.15, 0.2) is 41.2 Å². The van der Waals surface area contributed by atoms with E-state index in [9.17, 15) is 14.0 Å². The zero-order chi connectivity index (χ0) is 19.8. The van der Waals surface area contributed by atoms with E-state index in [0.717, 1.165) is 23.9 Å². The quantitative estimate of drug-likeness (QED) is 0.681. The normalized spacial score (nSPS) is 12.2. The predicted molar refractivity (Wildman–Crippen MR) is 105 cm³/mol. The fourth-order valence-corrected chi connectivity index (χ4v) is 2.87.